The average Bonchev–Trinajstić information content (AvgIpc) is 2.85. The van der Waals surface area contributed by atoms with Gasteiger partial charge in [-0.15, -0.1) is 0 Å². The van der Waals surface area contributed by atoms with Crippen molar-refractivity contribution in [3.63, 3.8) is 0 Å². The Morgan fingerprint density at radius 1 is 0.943 bits per heavy atom. The third-order valence-electron chi connectivity index (χ3n) is 6.38. The highest BCUT2D eigenvalue weighted by Crippen LogP contribution is 2.20. The zero-order valence-corrected chi connectivity index (χ0v) is 21.8. The zero-order chi connectivity index (χ0) is 25.4. The molecule has 3 rings (SSSR count). The molecule has 0 saturated heterocycles. The van der Waals surface area contributed by atoms with Crippen molar-refractivity contribution >= 4 is 23.4 Å². The standard InChI is InChI=1S/C30H35ClN2O2/c1-5-23(4)32-30(35)28(18-24-9-7-6-8-10-24)33(20-25-13-15-27(31)16-14-25)29(34)19-26-17-21(2)11-12-22(26)3/h6-17,23,28H,5,18-20H2,1-4H3,(H,32,35)/t23-,28-/m1/s1. The quantitative estimate of drug-likeness (QED) is 0.376. The predicted octanol–water partition coefficient (Wildman–Crippen LogP) is 6.05. The van der Waals surface area contributed by atoms with E-state index in [9.17, 15) is 9.59 Å². The van der Waals surface area contributed by atoms with E-state index in [1.807, 2.05) is 94.4 Å². The summed E-state index contributed by atoms with van der Waals surface area (Å²) in [7, 11) is 0. The lowest BCUT2D eigenvalue weighted by molar-refractivity contribution is -0.141. The van der Waals surface area contributed by atoms with Gasteiger partial charge in [0.2, 0.25) is 11.8 Å². The molecule has 0 bridgehead atoms. The van der Waals surface area contributed by atoms with E-state index in [0.717, 1.165) is 34.2 Å². The average molecular weight is 491 g/mol. The van der Waals surface area contributed by atoms with Crippen LogP contribution in [0.25, 0.3) is 0 Å². The molecule has 0 radical (unpaired) electrons. The van der Waals surface area contributed by atoms with E-state index in [1.165, 1.54) is 0 Å². The van der Waals surface area contributed by atoms with Crippen LogP contribution in [0.1, 0.15) is 48.1 Å². The fourth-order valence-corrected chi connectivity index (χ4v) is 4.16. The molecule has 4 nitrogen and oxygen atoms in total. The first-order chi connectivity index (χ1) is 16.8. The molecule has 3 aromatic rings. The van der Waals surface area contributed by atoms with Gasteiger partial charge in [0.15, 0.2) is 0 Å². The minimum absolute atomic E-state index is 0.0206. The van der Waals surface area contributed by atoms with E-state index in [4.69, 9.17) is 11.6 Å². The van der Waals surface area contributed by atoms with Crippen molar-refractivity contribution in [2.75, 3.05) is 0 Å². The van der Waals surface area contributed by atoms with Crippen LogP contribution in [0.5, 0.6) is 0 Å². The van der Waals surface area contributed by atoms with E-state index in [1.54, 1.807) is 4.90 Å². The van der Waals surface area contributed by atoms with E-state index < -0.39 is 6.04 Å². The normalized spacial score (nSPS) is 12.6. The maximum atomic E-state index is 13.9. The van der Waals surface area contributed by atoms with Gasteiger partial charge < -0.3 is 10.2 Å². The summed E-state index contributed by atoms with van der Waals surface area (Å²) < 4.78 is 0. The largest absolute Gasteiger partial charge is 0.352 e. The Morgan fingerprint density at radius 3 is 2.29 bits per heavy atom. The number of halogens is 1. The van der Waals surface area contributed by atoms with Crippen molar-refractivity contribution in [1.82, 2.24) is 10.2 Å². The fraction of sp³-hybridized carbons (Fsp3) is 0.333. The van der Waals surface area contributed by atoms with Crippen LogP contribution in [-0.4, -0.2) is 28.8 Å². The minimum atomic E-state index is -0.639. The molecule has 0 aromatic heterocycles. The van der Waals surface area contributed by atoms with Gasteiger partial charge in [0.25, 0.3) is 0 Å². The number of amides is 2. The third kappa shape index (κ3) is 7.69. The highest BCUT2D eigenvalue weighted by molar-refractivity contribution is 6.30. The van der Waals surface area contributed by atoms with Gasteiger partial charge >= 0.3 is 0 Å². The van der Waals surface area contributed by atoms with Crippen LogP contribution in [-0.2, 0) is 29.0 Å². The van der Waals surface area contributed by atoms with Gasteiger partial charge in [0.05, 0.1) is 6.42 Å². The number of carbonyl (C=O) groups is 2. The van der Waals surface area contributed by atoms with Crippen molar-refractivity contribution in [2.24, 2.45) is 0 Å². The van der Waals surface area contributed by atoms with Gasteiger partial charge in [-0.25, -0.2) is 0 Å². The van der Waals surface area contributed by atoms with E-state index >= 15 is 0 Å². The summed E-state index contributed by atoms with van der Waals surface area (Å²) >= 11 is 6.10. The topological polar surface area (TPSA) is 49.4 Å². The van der Waals surface area contributed by atoms with Crippen LogP contribution in [0, 0.1) is 13.8 Å². The van der Waals surface area contributed by atoms with Gasteiger partial charge in [-0.2, -0.15) is 0 Å². The summed E-state index contributed by atoms with van der Waals surface area (Å²) in [5.41, 5.74) is 5.10. The molecule has 0 saturated carbocycles. The molecule has 0 aliphatic rings. The van der Waals surface area contributed by atoms with Crippen molar-refractivity contribution in [3.05, 3.63) is 106 Å². The van der Waals surface area contributed by atoms with Crippen molar-refractivity contribution in [3.8, 4) is 0 Å². The highest BCUT2D eigenvalue weighted by atomic mass is 35.5. The maximum absolute atomic E-state index is 13.9. The Kier molecular flexibility index (Phi) is 9.50. The SMILES string of the molecule is CC[C@@H](C)NC(=O)[C@@H](Cc1ccccc1)N(Cc1ccc(Cl)cc1)C(=O)Cc1cc(C)ccc1C. The first kappa shape index (κ1) is 26.5. The van der Waals surface area contributed by atoms with Crippen LogP contribution < -0.4 is 5.32 Å². The monoisotopic (exact) mass is 490 g/mol. The van der Waals surface area contributed by atoms with Gasteiger partial charge in [0.1, 0.15) is 6.04 Å². The lowest BCUT2D eigenvalue weighted by Crippen LogP contribution is -2.52. The summed E-state index contributed by atoms with van der Waals surface area (Å²) in [5, 5.41) is 3.75. The Morgan fingerprint density at radius 2 is 1.63 bits per heavy atom. The summed E-state index contributed by atoms with van der Waals surface area (Å²) in [6.07, 6.45) is 1.50. The molecule has 0 unspecified atom stereocenters. The van der Waals surface area contributed by atoms with Crippen LogP contribution in [0.4, 0.5) is 0 Å². The van der Waals surface area contributed by atoms with Crippen LogP contribution >= 0.6 is 11.6 Å². The predicted molar refractivity (Wildman–Crippen MR) is 143 cm³/mol. The zero-order valence-electron chi connectivity index (χ0n) is 21.1. The van der Waals surface area contributed by atoms with Crippen molar-refractivity contribution < 1.29 is 9.59 Å². The van der Waals surface area contributed by atoms with Crippen LogP contribution in [0.15, 0.2) is 72.8 Å². The van der Waals surface area contributed by atoms with E-state index in [-0.39, 0.29) is 24.3 Å². The molecule has 2 amide bonds. The fourth-order valence-electron chi connectivity index (χ4n) is 4.04. The molecule has 0 heterocycles. The number of hydrogen-bond acceptors (Lipinski definition) is 2. The summed E-state index contributed by atoms with van der Waals surface area (Å²) in [6.45, 7) is 8.39. The summed E-state index contributed by atoms with van der Waals surface area (Å²) in [5.74, 6) is -0.208. The molecule has 0 aliphatic heterocycles. The summed E-state index contributed by atoms with van der Waals surface area (Å²) in [6, 6.07) is 22.8. The molecule has 35 heavy (non-hydrogen) atoms. The first-order valence-electron chi connectivity index (χ1n) is 12.2. The second-order valence-corrected chi connectivity index (χ2v) is 9.71. The van der Waals surface area contributed by atoms with Crippen LogP contribution in [0.3, 0.4) is 0 Å². The Labute approximate surface area is 214 Å². The number of rotatable bonds is 10. The second kappa shape index (κ2) is 12.6. The second-order valence-electron chi connectivity index (χ2n) is 9.28. The van der Waals surface area contributed by atoms with Crippen molar-refractivity contribution in [2.45, 2.75) is 65.6 Å². The Hall–Kier alpha value is -3.11. The number of nitrogens with zero attached hydrogens (tertiary/aromatic N) is 1. The maximum Gasteiger partial charge on any atom is 0.243 e. The molecule has 0 fully saturated rings. The molecule has 1 N–H and O–H groups in total. The molecule has 184 valence electrons. The lowest BCUT2D eigenvalue weighted by atomic mass is 9.99. The van der Waals surface area contributed by atoms with Crippen molar-refractivity contribution in [1.29, 1.82) is 0 Å². The van der Waals surface area contributed by atoms with Gasteiger partial charge in [-0.3, -0.25) is 9.59 Å². The molecule has 3 aromatic carbocycles. The van der Waals surface area contributed by atoms with Gasteiger partial charge in [-0.1, -0.05) is 84.8 Å². The number of nitrogens with one attached hydrogen (secondary N) is 1. The molecule has 0 spiro atoms. The van der Waals surface area contributed by atoms with E-state index in [0.29, 0.717) is 18.0 Å². The molecular formula is C30H35ClN2O2. The molecule has 2 atom stereocenters. The van der Waals surface area contributed by atoms with Crippen LogP contribution in [0.2, 0.25) is 5.02 Å². The van der Waals surface area contributed by atoms with E-state index in [2.05, 4.69) is 11.4 Å². The number of carbonyl (C=O) groups excluding carboxylic acids is 2. The lowest BCUT2D eigenvalue weighted by Gasteiger charge is -2.32. The number of benzene rings is 3. The Bertz CT molecular complexity index is 1130. The molecule has 0 aliphatic carbocycles. The summed E-state index contributed by atoms with van der Waals surface area (Å²) in [4.78, 5) is 29.1. The smallest absolute Gasteiger partial charge is 0.243 e. The van der Waals surface area contributed by atoms with Gasteiger partial charge in [-0.05, 0) is 61.6 Å². The molecular weight excluding hydrogens is 456 g/mol. The Balaban J connectivity index is 1.99. The highest BCUT2D eigenvalue weighted by Gasteiger charge is 2.31. The van der Waals surface area contributed by atoms with Gasteiger partial charge in [0, 0.05) is 24.0 Å². The third-order valence-corrected chi connectivity index (χ3v) is 6.64. The first-order valence-corrected chi connectivity index (χ1v) is 12.6. The number of hydrogen-bond donors (Lipinski definition) is 1. The number of aryl methyl sites for hydroxylation is 2. The minimum Gasteiger partial charge on any atom is -0.352 e. The molecule has 5 heteroatoms.